The molecule has 1 aliphatic heterocycles. The van der Waals surface area contributed by atoms with E-state index in [-0.39, 0.29) is 17.5 Å². The Bertz CT molecular complexity index is 1290. The van der Waals surface area contributed by atoms with Gasteiger partial charge in [-0.3, -0.25) is 14.2 Å². The van der Waals surface area contributed by atoms with Crippen LogP contribution in [-0.4, -0.2) is 38.7 Å². The number of amides is 1. The molecule has 36 heavy (non-hydrogen) atoms. The molecule has 5 rings (SSSR count). The summed E-state index contributed by atoms with van der Waals surface area (Å²) < 4.78 is 1.71. The maximum Gasteiger partial charge on any atom is 0.264 e. The maximum absolute atomic E-state index is 13.8. The number of hydrogen-bond donors (Lipinski definition) is 2. The Morgan fingerprint density at radius 3 is 2.64 bits per heavy atom. The van der Waals surface area contributed by atoms with Crippen molar-refractivity contribution in [1.82, 2.24) is 19.8 Å². The fourth-order valence-electron chi connectivity index (χ4n) is 4.66. The minimum atomic E-state index is -0.0864. The van der Waals surface area contributed by atoms with E-state index in [4.69, 9.17) is 4.98 Å². The molecule has 1 amide bonds. The number of nitrogens with one attached hydrogen (secondary N) is 1. The average molecular weight is 521 g/mol. The van der Waals surface area contributed by atoms with Gasteiger partial charge in [0.15, 0.2) is 5.16 Å². The summed E-state index contributed by atoms with van der Waals surface area (Å²) in [5.74, 6) is 0.0573. The Morgan fingerprint density at radius 1 is 1.17 bits per heavy atom. The molecule has 0 unspecified atom stereocenters. The third-order valence-electron chi connectivity index (χ3n) is 7.09. The van der Waals surface area contributed by atoms with E-state index in [1.807, 2.05) is 42.5 Å². The number of aromatic nitrogens is 2. The number of nitrogens with zero attached hydrogens (tertiary/aromatic N) is 3. The number of benzene rings is 2. The summed E-state index contributed by atoms with van der Waals surface area (Å²) in [6, 6.07) is 18.0. The van der Waals surface area contributed by atoms with Gasteiger partial charge >= 0.3 is 0 Å². The van der Waals surface area contributed by atoms with Gasteiger partial charge in [-0.15, -0.1) is 12.6 Å². The van der Waals surface area contributed by atoms with Gasteiger partial charge in [0.25, 0.3) is 5.56 Å². The second-order valence-electron chi connectivity index (χ2n) is 9.52. The van der Waals surface area contributed by atoms with E-state index < -0.39 is 0 Å². The molecule has 2 aliphatic rings. The summed E-state index contributed by atoms with van der Waals surface area (Å²) >= 11 is 6.32. The second-order valence-corrected chi connectivity index (χ2v) is 11.3. The number of para-hydroxylation sites is 1. The molecule has 1 aliphatic carbocycles. The van der Waals surface area contributed by atoms with Gasteiger partial charge in [0.05, 0.1) is 23.5 Å². The fraction of sp³-hybridized carbons (Fsp3) is 0.393. The first-order valence-electron chi connectivity index (χ1n) is 12.7. The van der Waals surface area contributed by atoms with Crippen LogP contribution in [0.25, 0.3) is 5.69 Å². The number of thioether (sulfide) groups is 1. The standard InChI is InChI=1S/C28H32N4O2S2/c1-19(20-8-3-2-4-9-20)29-16-14-26(33)31-17-15-23-22(18-31)27(34)32(24-12-5-6-13-25(24)35)28(30-23)36-21-10-7-11-21/h2-6,8-9,12-13,19,21,29,35H,7,10-11,14-18H2,1H3/t19-/m0/s1. The van der Waals surface area contributed by atoms with Crippen LogP contribution in [0, 0.1) is 0 Å². The zero-order valence-corrected chi connectivity index (χ0v) is 22.2. The lowest BCUT2D eigenvalue weighted by atomic mass is 10.0. The number of carbonyl (C=O) groups is 1. The van der Waals surface area contributed by atoms with Gasteiger partial charge < -0.3 is 10.2 Å². The van der Waals surface area contributed by atoms with Crippen molar-refractivity contribution >= 4 is 30.3 Å². The summed E-state index contributed by atoms with van der Waals surface area (Å²) in [4.78, 5) is 34.4. The van der Waals surface area contributed by atoms with E-state index in [0.717, 1.165) is 34.3 Å². The van der Waals surface area contributed by atoms with Crippen molar-refractivity contribution < 1.29 is 4.79 Å². The first-order valence-corrected chi connectivity index (χ1v) is 14.0. The summed E-state index contributed by atoms with van der Waals surface area (Å²) in [5.41, 5.74) is 3.30. The molecule has 3 aromatic rings. The van der Waals surface area contributed by atoms with E-state index in [9.17, 15) is 9.59 Å². The number of fused-ring (bicyclic) bond motifs is 1. The van der Waals surface area contributed by atoms with Gasteiger partial charge in [-0.05, 0) is 37.5 Å². The summed E-state index contributed by atoms with van der Waals surface area (Å²) in [7, 11) is 0. The first kappa shape index (κ1) is 25.1. The van der Waals surface area contributed by atoms with E-state index in [1.54, 1.807) is 21.2 Å². The van der Waals surface area contributed by atoms with Crippen molar-refractivity contribution in [3.05, 3.63) is 81.8 Å². The van der Waals surface area contributed by atoms with Gasteiger partial charge in [-0.1, -0.05) is 60.6 Å². The Kier molecular flexibility index (Phi) is 7.84. The van der Waals surface area contributed by atoms with E-state index >= 15 is 0 Å². The predicted octanol–water partition coefficient (Wildman–Crippen LogP) is 4.79. The monoisotopic (exact) mass is 520 g/mol. The van der Waals surface area contributed by atoms with E-state index in [2.05, 4.69) is 37.0 Å². The number of hydrogen-bond acceptors (Lipinski definition) is 6. The molecule has 188 valence electrons. The van der Waals surface area contributed by atoms with Crippen LogP contribution in [0.15, 0.2) is 69.4 Å². The van der Waals surface area contributed by atoms with E-state index in [0.29, 0.717) is 43.3 Å². The minimum Gasteiger partial charge on any atom is -0.338 e. The topological polar surface area (TPSA) is 67.2 Å². The molecule has 1 aromatic heterocycles. The van der Waals surface area contributed by atoms with E-state index in [1.165, 1.54) is 12.0 Å². The van der Waals surface area contributed by atoms with Crippen molar-refractivity contribution in [2.24, 2.45) is 0 Å². The molecule has 2 aromatic carbocycles. The third-order valence-corrected chi connectivity index (χ3v) is 8.76. The van der Waals surface area contributed by atoms with Gasteiger partial charge in [0.1, 0.15) is 0 Å². The second kappa shape index (κ2) is 11.2. The molecule has 2 heterocycles. The highest BCUT2D eigenvalue weighted by Crippen LogP contribution is 2.37. The van der Waals surface area contributed by atoms with Crippen molar-refractivity contribution in [1.29, 1.82) is 0 Å². The van der Waals surface area contributed by atoms with Crippen LogP contribution in [0.5, 0.6) is 0 Å². The van der Waals surface area contributed by atoms with Gasteiger partial charge in [0.2, 0.25) is 5.91 Å². The Labute approximate surface area is 221 Å². The van der Waals surface area contributed by atoms with Crippen LogP contribution in [0.3, 0.4) is 0 Å². The predicted molar refractivity (Wildman–Crippen MR) is 147 cm³/mol. The highest BCUT2D eigenvalue weighted by molar-refractivity contribution is 7.99. The molecule has 0 saturated heterocycles. The SMILES string of the molecule is C[C@H](NCCC(=O)N1CCc2nc(SC3CCC3)n(-c3ccccc3S)c(=O)c2C1)c1ccccc1. The Balaban J connectivity index is 1.33. The summed E-state index contributed by atoms with van der Waals surface area (Å²) in [5, 5.41) is 4.68. The molecular formula is C28H32N4O2S2. The quantitative estimate of drug-likeness (QED) is 0.330. The zero-order chi connectivity index (χ0) is 25.1. The van der Waals surface area contributed by atoms with Crippen LogP contribution in [-0.2, 0) is 17.8 Å². The average Bonchev–Trinajstić information content (AvgIpc) is 2.87. The van der Waals surface area contributed by atoms with Crippen LogP contribution >= 0.6 is 24.4 Å². The highest BCUT2D eigenvalue weighted by atomic mass is 32.2. The van der Waals surface area contributed by atoms with Crippen molar-refractivity contribution in [3.8, 4) is 5.69 Å². The largest absolute Gasteiger partial charge is 0.338 e. The molecule has 1 saturated carbocycles. The van der Waals surface area contributed by atoms with Gasteiger partial charge in [-0.2, -0.15) is 0 Å². The lowest BCUT2D eigenvalue weighted by Gasteiger charge is -2.30. The fourth-order valence-corrected chi connectivity index (χ4v) is 6.24. The molecule has 0 radical (unpaired) electrons. The molecule has 0 spiro atoms. The van der Waals surface area contributed by atoms with Gasteiger partial charge in [-0.25, -0.2) is 4.98 Å². The molecule has 1 N–H and O–H groups in total. The molecule has 0 bridgehead atoms. The maximum atomic E-state index is 13.8. The minimum absolute atomic E-state index is 0.0573. The normalized spacial score (nSPS) is 16.3. The molecule has 1 fully saturated rings. The lowest BCUT2D eigenvalue weighted by Crippen LogP contribution is -2.42. The molecule has 6 nitrogen and oxygen atoms in total. The smallest absolute Gasteiger partial charge is 0.264 e. The van der Waals surface area contributed by atoms with Crippen LogP contribution in [0.1, 0.15) is 55.5 Å². The van der Waals surface area contributed by atoms with Crippen molar-refractivity contribution in [2.45, 2.75) is 66.9 Å². The Hall–Kier alpha value is -2.55. The number of carbonyl (C=O) groups excluding carboxylic acids is 1. The van der Waals surface area contributed by atoms with Crippen LogP contribution in [0.4, 0.5) is 0 Å². The number of rotatable bonds is 8. The third kappa shape index (κ3) is 5.41. The van der Waals surface area contributed by atoms with Gasteiger partial charge in [0, 0.05) is 42.1 Å². The lowest BCUT2D eigenvalue weighted by molar-refractivity contribution is -0.132. The first-order chi connectivity index (χ1) is 17.5. The summed E-state index contributed by atoms with van der Waals surface area (Å²) in [6.45, 7) is 3.58. The highest BCUT2D eigenvalue weighted by Gasteiger charge is 2.29. The molecular weight excluding hydrogens is 488 g/mol. The molecule has 8 heteroatoms. The number of thiol groups is 1. The zero-order valence-electron chi connectivity index (χ0n) is 20.5. The summed E-state index contributed by atoms with van der Waals surface area (Å²) in [6.07, 6.45) is 4.53. The Morgan fingerprint density at radius 2 is 1.92 bits per heavy atom. The van der Waals surface area contributed by atoms with Crippen molar-refractivity contribution in [3.63, 3.8) is 0 Å². The molecule has 1 atom stereocenters. The van der Waals surface area contributed by atoms with Crippen LogP contribution in [0.2, 0.25) is 0 Å². The van der Waals surface area contributed by atoms with Crippen molar-refractivity contribution in [2.75, 3.05) is 13.1 Å². The van der Waals surface area contributed by atoms with Crippen LogP contribution < -0.4 is 10.9 Å².